The molecule has 1 aliphatic rings. The molecule has 1 heterocycles. The Labute approximate surface area is 96.1 Å². The minimum Gasteiger partial charge on any atom is -0.268 e. The molecule has 5 heteroatoms. The van der Waals surface area contributed by atoms with Crippen LogP contribution in [-0.4, -0.2) is 20.2 Å². The van der Waals surface area contributed by atoms with E-state index in [9.17, 15) is 9.00 Å². The molecule has 2 rings (SSSR count). The zero-order valence-electron chi connectivity index (χ0n) is 8.55. The Morgan fingerprint density at radius 2 is 2.19 bits per heavy atom. The van der Waals surface area contributed by atoms with E-state index in [-0.39, 0.29) is 18.1 Å². The third kappa shape index (κ3) is 1.84. The standard InChI is InChI=1S/C11H10N2O2S/c12-6-3-7-16(15)13-8-9-4-1-2-5-10(9)11(13)14/h1-2,4-5H,3,7-8H2. The van der Waals surface area contributed by atoms with Crippen LogP contribution < -0.4 is 0 Å². The lowest BCUT2D eigenvalue weighted by molar-refractivity contribution is 0.0884. The molecule has 16 heavy (non-hydrogen) atoms. The number of rotatable bonds is 3. The van der Waals surface area contributed by atoms with Gasteiger partial charge in [-0.25, -0.2) is 4.21 Å². The first-order chi connectivity index (χ1) is 7.74. The zero-order chi connectivity index (χ0) is 11.5. The second-order valence-electron chi connectivity index (χ2n) is 3.43. The highest BCUT2D eigenvalue weighted by Crippen LogP contribution is 2.23. The van der Waals surface area contributed by atoms with Crippen molar-refractivity contribution in [3.05, 3.63) is 35.4 Å². The molecule has 1 unspecified atom stereocenters. The summed E-state index contributed by atoms with van der Waals surface area (Å²) in [6, 6.07) is 9.16. The SMILES string of the molecule is N#CCCS(=O)N1Cc2ccccc2C1=O. The number of hydrogen-bond donors (Lipinski definition) is 0. The second-order valence-corrected chi connectivity index (χ2v) is 4.92. The molecule has 1 aliphatic heterocycles. The van der Waals surface area contributed by atoms with Crippen LogP contribution in [0.5, 0.6) is 0 Å². The molecule has 1 atom stereocenters. The molecule has 0 aromatic heterocycles. The first-order valence-electron chi connectivity index (χ1n) is 4.89. The maximum atomic E-state index is 11.9. The van der Waals surface area contributed by atoms with Gasteiger partial charge in [-0.1, -0.05) is 18.2 Å². The van der Waals surface area contributed by atoms with Crippen molar-refractivity contribution < 1.29 is 9.00 Å². The number of carbonyl (C=O) groups is 1. The maximum absolute atomic E-state index is 11.9. The quantitative estimate of drug-likeness (QED) is 0.790. The Hall–Kier alpha value is -1.67. The van der Waals surface area contributed by atoms with Gasteiger partial charge in [-0.3, -0.25) is 9.10 Å². The summed E-state index contributed by atoms with van der Waals surface area (Å²) >= 11 is 0. The van der Waals surface area contributed by atoms with Crippen LogP contribution >= 0.6 is 0 Å². The van der Waals surface area contributed by atoms with Gasteiger partial charge in [0.15, 0.2) is 0 Å². The lowest BCUT2D eigenvalue weighted by Crippen LogP contribution is -2.27. The summed E-state index contributed by atoms with van der Waals surface area (Å²) in [5.41, 5.74) is 1.52. The van der Waals surface area contributed by atoms with E-state index in [1.807, 2.05) is 18.2 Å². The van der Waals surface area contributed by atoms with E-state index >= 15 is 0 Å². The fraction of sp³-hybridized carbons (Fsp3) is 0.273. The van der Waals surface area contributed by atoms with E-state index in [1.54, 1.807) is 12.1 Å². The summed E-state index contributed by atoms with van der Waals surface area (Å²) in [7, 11) is -1.39. The minimum atomic E-state index is -1.39. The van der Waals surface area contributed by atoms with E-state index in [2.05, 4.69) is 0 Å². The lowest BCUT2D eigenvalue weighted by atomic mass is 10.1. The van der Waals surface area contributed by atoms with E-state index < -0.39 is 11.0 Å². The van der Waals surface area contributed by atoms with Crippen molar-refractivity contribution in [1.29, 1.82) is 5.26 Å². The highest BCUT2D eigenvalue weighted by atomic mass is 32.2. The van der Waals surface area contributed by atoms with E-state index in [0.29, 0.717) is 12.1 Å². The summed E-state index contributed by atoms with van der Waals surface area (Å²) in [5.74, 6) is 0.0165. The van der Waals surface area contributed by atoms with Crippen molar-refractivity contribution >= 4 is 16.9 Å². The summed E-state index contributed by atoms with van der Waals surface area (Å²) in [5, 5.41) is 8.41. The van der Waals surface area contributed by atoms with Crippen LogP contribution in [0.3, 0.4) is 0 Å². The van der Waals surface area contributed by atoms with Gasteiger partial charge >= 0.3 is 0 Å². The third-order valence-corrected chi connectivity index (χ3v) is 3.76. The molecular formula is C11H10N2O2S. The normalized spacial score (nSPS) is 15.7. The number of benzene rings is 1. The van der Waals surface area contributed by atoms with Gasteiger partial charge in [0, 0.05) is 12.0 Å². The Kier molecular flexibility index (Phi) is 3.02. The van der Waals surface area contributed by atoms with Crippen molar-refractivity contribution in [1.82, 2.24) is 4.31 Å². The fourth-order valence-electron chi connectivity index (χ4n) is 1.64. The predicted molar refractivity (Wildman–Crippen MR) is 59.6 cm³/mol. The lowest BCUT2D eigenvalue weighted by Gasteiger charge is -2.12. The summed E-state index contributed by atoms with van der Waals surface area (Å²) in [4.78, 5) is 11.9. The van der Waals surface area contributed by atoms with E-state index in [1.165, 1.54) is 4.31 Å². The van der Waals surface area contributed by atoms with Crippen molar-refractivity contribution in [2.45, 2.75) is 13.0 Å². The first-order valence-corrected chi connectivity index (χ1v) is 6.17. The second kappa shape index (κ2) is 4.45. The van der Waals surface area contributed by atoms with Crippen LogP contribution in [0.25, 0.3) is 0 Å². The molecule has 0 aliphatic carbocycles. The molecule has 4 nitrogen and oxygen atoms in total. The van der Waals surface area contributed by atoms with Crippen molar-refractivity contribution in [3.63, 3.8) is 0 Å². The van der Waals surface area contributed by atoms with Crippen molar-refractivity contribution in [3.8, 4) is 6.07 Å². The summed E-state index contributed by atoms with van der Waals surface area (Å²) < 4.78 is 13.1. The number of hydrogen-bond acceptors (Lipinski definition) is 3. The number of fused-ring (bicyclic) bond motifs is 1. The van der Waals surface area contributed by atoms with Crippen LogP contribution in [-0.2, 0) is 17.5 Å². The van der Waals surface area contributed by atoms with Crippen molar-refractivity contribution in [2.75, 3.05) is 5.75 Å². The molecule has 0 radical (unpaired) electrons. The van der Waals surface area contributed by atoms with Gasteiger partial charge in [-0.05, 0) is 11.6 Å². The topological polar surface area (TPSA) is 61.2 Å². The van der Waals surface area contributed by atoms with Crippen LogP contribution in [0.15, 0.2) is 24.3 Å². The fourth-order valence-corrected chi connectivity index (χ4v) is 2.69. The zero-order valence-corrected chi connectivity index (χ0v) is 9.37. The van der Waals surface area contributed by atoms with Gasteiger partial charge in [-0.2, -0.15) is 5.26 Å². The van der Waals surface area contributed by atoms with Gasteiger partial charge < -0.3 is 0 Å². The van der Waals surface area contributed by atoms with E-state index in [4.69, 9.17) is 5.26 Å². The Bertz CT molecular complexity index is 493. The molecule has 0 saturated carbocycles. The monoisotopic (exact) mass is 234 g/mol. The van der Waals surface area contributed by atoms with Crippen molar-refractivity contribution in [2.24, 2.45) is 0 Å². The van der Waals surface area contributed by atoms with Crippen LogP contribution in [0.1, 0.15) is 22.3 Å². The Balaban J connectivity index is 2.16. The summed E-state index contributed by atoms with van der Waals surface area (Å²) in [6.07, 6.45) is 0.201. The Morgan fingerprint density at radius 1 is 1.44 bits per heavy atom. The highest BCUT2D eigenvalue weighted by Gasteiger charge is 2.30. The highest BCUT2D eigenvalue weighted by molar-refractivity contribution is 7.83. The van der Waals surface area contributed by atoms with Crippen LogP contribution in [0.2, 0.25) is 0 Å². The molecule has 1 aromatic rings. The average Bonchev–Trinajstić information content (AvgIpc) is 2.64. The van der Waals surface area contributed by atoms with Crippen LogP contribution in [0.4, 0.5) is 0 Å². The largest absolute Gasteiger partial charge is 0.268 e. The smallest absolute Gasteiger partial charge is 0.266 e. The average molecular weight is 234 g/mol. The molecule has 0 saturated heterocycles. The minimum absolute atomic E-state index is 0.201. The molecule has 0 spiro atoms. The van der Waals surface area contributed by atoms with Gasteiger partial charge in [0.05, 0.1) is 18.4 Å². The van der Waals surface area contributed by atoms with Crippen LogP contribution in [0, 0.1) is 11.3 Å². The van der Waals surface area contributed by atoms with Gasteiger partial charge in [-0.15, -0.1) is 0 Å². The first kappa shape index (κ1) is 10.8. The number of nitrogens with zero attached hydrogens (tertiary/aromatic N) is 2. The maximum Gasteiger partial charge on any atom is 0.266 e. The molecule has 0 N–H and O–H groups in total. The molecule has 82 valence electrons. The molecule has 0 bridgehead atoms. The van der Waals surface area contributed by atoms with Gasteiger partial charge in [0.25, 0.3) is 5.91 Å². The van der Waals surface area contributed by atoms with Gasteiger partial charge in [0.1, 0.15) is 11.0 Å². The predicted octanol–water partition coefficient (Wildman–Crippen LogP) is 1.22. The number of nitriles is 1. The van der Waals surface area contributed by atoms with Gasteiger partial charge in [0.2, 0.25) is 0 Å². The molecule has 1 aromatic carbocycles. The number of amides is 1. The third-order valence-electron chi connectivity index (χ3n) is 2.42. The van der Waals surface area contributed by atoms with E-state index in [0.717, 1.165) is 5.56 Å². The molecule has 1 amide bonds. The molecular weight excluding hydrogens is 224 g/mol. The molecule has 0 fully saturated rings. The number of carbonyl (C=O) groups excluding carboxylic acids is 1. The summed E-state index contributed by atoms with van der Waals surface area (Å²) in [6.45, 7) is 0.382. The Morgan fingerprint density at radius 3 is 2.88 bits per heavy atom.